The van der Waals surface area contributed by atoms with Crippen molar-refractivity contribution in [2.75, 3.05) is 20.8 Å². The number of methoxy groups -OCH3 is 2. The lowest BCUT2D eigenvalue weighted by atomic mass is 10.1. The number of esters is 1. The normalized spacial score (nSPS) is 10.2. The zero-order chi connectivity index (χ0) is 17.7. The molecule has 0 N–H and O–H groups in total. The molecule has 24 heavy (non-hydrogen) atoms. The summed E-state index contributed by atoms with van der Waals surface area (Å²) in [6.45, 7) is 3.55. The van der Waals surface area contributed by atoms with Crippen LogP contribution >= 0.6 is 0 Å². The highest BCUT2D eigenvalue weighted by Gasteiger charge is 2.14. The van der Waals surface area contributed by atoms with Crippen molar-refractivity contribution in [3.63, 3.8) is 0 Å². The SMILES string of the molecule is COc1ccc(C(=O)COC(=O)c2ccc(C)c(C)c2)cc1OC. The van der Waals surface area contributed by atoms with Crippen LogP contribution in [-0.2, 0) is 4.74 Å². The van der Waals surface area contributed by atoms with Crippen molar-refractivity contribution >= 4 is 11.8 Å². The standard InChI is InChI=1S/C19H20O5/c1-12-5-6-15(9-13(12)2)19(21)24-11-16(20)14-7-8-17(22-3)18(10-14)23-4/h5-10H,11H2,1-4H3. The van der Waals surface area contributed by atoms with Gasteiger partial charge in [0, 0.05) is 5.56 Å². The molecule has 0 aliphatic carbocycles. The van der Waals surface area contributed by atoms with Gasteiger partial charge in [0.05, 0.1) is 19.8 Å². The molecule has 0 saturated heterocycles. The first kappa shape index (κ1) is 17.5. The van der Waals surface area contributed by atoms with Crippen LogP contribution in [0.4, 0.5) is 0 Å². The molecule has 0 fully saturated rings. The van der Waals surface area contributed by atoms with Crippen molar-refractivity contribution in [3.05, 3.63) is 58.7 Å². The van der Waals surface area contributed by atoms with E-state index in [1.807, 2.05) is 19.9 Å². The maximum Gasteiger partial charge on any atom is 0.338 e. The van der Waals surface area contributed by atoms with Gasteiger partial charge >= 0.3 is 5.97 Å². The highest BCUT2D eigenvalue weighted by Crippen LogP contribution is 2.27. The smallest absolute Gasteiger partial charge is 0.338 e. The first-order valence-electron chi connectivity index (χ1n) is 7.46. The third kappa shape index (κ3) is 3.93. The van der Waals surface area contributed by atoms with Crippen molar-refractivity contribution in [1.29, 1.82) is 0 Å². The van der Waals surface area contributed by atoms with Crippen LogP contribution in [0.15, 0.2) is 36.4 Å². The lowest BCUT2D eigenvalue weighted by molar-refractivity contribution is 0.0474. The fraction of sp³-hybridized carbons (Fsp3) is 0.263. The Hall–Kier alpha value is -2.82. The number of carbonyl (C=O) groups excluding carboxylic acids is 2. The van der Waals surface area contributed by atoms with E-state index in [0.29, 0.717) is 22.6 Å². The molecule has 2 aromatic carbocycles. The second-order valence-corrected chi connectivity index (χ2v) is 5.37. The van der Waals surface area contributed by atoms with Gasteiger partial charge in [0.25, 0.3) is 0 Å². The van der Waals surface area contributed by atoms with E-state index < -0.39 is 5.97 Å². The van der Waals surface area contributed by atoms with Gasteiger partial charge in [-0.05, 0) is 55.3 Å². The maximum absolute atomic E-state index is 12.2. The Balaban J connectivity index is 2.04. The summed E-state index contributed by atoms with van der Waals surface area (Å²) in [7, 11) is 3.01. The molecule has 0 heterocycles. The Labute approximate surface area is 141 Å². The third-order valence-electron chi connectivity index (χ3n) is 3.78. The Morgan fingerprint density at radius 1 is 0.833 bits per heavy atom. The number of rotatable bonds is 6. The van der Waals surface area contributed by atoms with E-state index >= 15 is 0 Å². The second-order valence-electron chi connectivity index (χ2n) is 5.37. The molecule has 0 aliphatic heterocycles. The Kier molecular flexibility index (Phi) is 5.58. The van der Waals surface area contributed by atoms with Gasteiger partial charge in [-0.3, -0.25) is 4.79 Å². The van der Waals surface area contributed by atoms with Crippen LogP contribution in [0, 0.1) is 13.8 Å². The van der Waals surface area contributed by atoms with E-state index in [9.17, 15) is 9.59 Å². The molecule has 0 atom stereocenters. The molecule has 2 aromatic rings. The molecule has 0 aromatic heterocycles. The van der Waals surface area contributed by atoms with Gasteiger partial charge in [0.1, 0.15) is 0 Å². The molecule has 126 valence electrons. The maximum atomic E-state index is 12.2. The largest absolute Gasteiger partial charge is 0.493 e. The molecule has 5 nitrogen and oxygen atoms in total. The number of carbonyl (C=O) groups is 2. The number of hydrogen-bond acceptors (Lipinski definition) is 5. The monoisotopic (exact) mass is 328 g/mol. The predicted octanol–water partition coefficient (Wildman–Crippen LogP) is 3.36. The highest BCUT2D eigenvalue weighted by atomic mass is 16.5. The van der Waals surface area contributed by atoms with E-state index in [2.05, 4.69) is 0 Å². The first-order chi connectivity index (χ1) is 11.5. The number of hydrogen-bond donors (Lipinski definition) is 0. The van der Waals surface area contributed by atoms with E-state index in [0.717, 1.165) is 11.1 Å². The van der Waals surface area contributed by atoms with Crippen molar-refractivity contribution in [1.82, 2.24) is 0 Å². The van der Waals surface area contributed by atoms with Gasteiger partial charge in [-0.15, -0.1) is 0 Å². The number of benzene rings is 2. The van der Waals surface area contributed by atoms with E-state index in [4.69, 9.17) is 14.2 Å². The van der Waals surface area contributed by atoms with Gasteiger partial charge in [-0.25, -0.2) is 4.79 Å². The molecule has 0 radical (unpaired) electrons. The van der Waals surface area contributed by atoms with Gasteiger partial charge in [0.2, 0.25) is 0 Å². The molecule has 0 amide bonds. The second kappa shape index (κ2) is 7.64. The van der Waals surface area contributed by atoms with Crippen LogP contribution in [-0.4, -0.2) is 32.6 Å². The Morgan fingerprint density at radius 3 is 2.12 bits per heavy atom. The molecule has 0 unspecified atom stereocenters. The molecule has 0 aliphatic rings. The van der Waals surface area contributed by atoms with Crippen LogP contribution in [0.5, 0.6) is 11.5 Å². The van der Waals surface area contributed by atoms with Crippen molar-refractivity contribution in [2.24, 2.45) is 0 Å². The van der Waals surface area contributed by atoms with Gasteiger partial charge in [-0.2, -0.15) is 0 Å². The molecule has 0 spiro atoms. The minimum atomic E-state index is -0.521. The molecular weight excluding hydrogens is 308 g/mol. The minimum Gasteiger partial charge on any atom is -0.493 e. The summed E-state index contributed by atoms with van der Waals surface area (Å²) < 4.78 is 15.4. The third-order valence-corrected chi connectivity index (χ3v) is 3.78. The summed E-state index contributed by atoms with van der Waals surface area (Å²) in [6.07, 6.45) is 0. The van der Waals surface area contributed by atoms with Gasteiger partial charge < -0.3 is 14.2 Å². The predicted molar refractivity (Wildman–Crippen MR) is 90.1 cm³/mol. The molecular formula is C19H20O5. The highest BCUT2D eigenvalue weighted by molar-refractivity contribution is 5.99. The zero-order valence-corrected chi connectivity index (χ0v) is 14.2. The fourth-order valence-electron chi connectivity index (χ4n) is 2.18. The summed E-state index contributed by atoms with van der Waals surface area (Å²) >= 11 is 0. The molecule has 0 saturated carbocycles. The van der Waals surface area contributed by atoms with E-state index in [1.165, 1.54) is 14.2 Å². The van der Waals surface area contributed by atoms with Gasteiger partial charge in [-0.1, -0.05) is 6.07 Å². The Morgan fingerprint density at radius 2 is 1.50 bits per heavy atom. The van der Waals surface area contributed by atoms with E-state index in [1.54, 1.807) is 30.3 Å². The quantitative estimate of drug-likeness (QED) is 0.601. The number of ether oxygens (including phenoxy) is 3. The lowest BCUT2D eigenvalue weighted by Gasteiger charge is -2.09. The topological polar surface area (TPSA) is 61.8 Å². The zero-order valence-electron chi connectivity index (χ0n) is 14.2. The van der Waals surface area contributed by atoms with Crippen LogP contribution in [0.1, 0.15) is 31.8 Å². The molecule has 5 heteroatoms. The van der Waals surface area contributed by atoms with Crippen molar-refractivity contribution < 1.29 is 23.8 Å². The van der Waals surface area contributed by atoms with Crippen LogP contribution < -0.4 is 9.47 Å². The number of ketones is 1. The lowest BCUT2D eigenvalue weighted by Crippen LogP contribution is -2.14. The first-order valence-corrected chi connectivity index (χ1v) is 7.46. The van der Waals surface area contributed by atoms with E-state index in [-0.39, 0.29) is 12.4 Å². The number of Topliss-reactive ketones (excluding diaryl/α,β-unsaturated/α-hetero) is 1. The average Bonchev–Trinajstić information content (AvgIpc) is 2.60. The fourth-order valence-corrected chi connectivity index (χ4v) is 2.18. The van der Waals surface area contributed by atoms with Crippen molar-refractivity contribution in [2.45, 2.75) is 13.8 Å². The summed E-state index contributed by atoms with van der Waals surface area (Å²) in [5.41, 5.74) is 2.90. The average molecular weight is 328 g/mol. The number of aryl methyl sites for hydroxylation is 2. The minimum absolute atomic E-state index is 0.312. The summed E-state index contributed by atoms with van der Waals surface area (Å²) in [5.74, 6) is 0.144. The summed E-state index contributed by atoms with van der Waals surface area (Å²) in [6, 6.07) is 10.1. The summed E-state index contributed by atoms with van der Waals surface area (Å²) in [4.78, 5) is 24.2. The summed E-state index contributed by atoms with van der Waals surface area (Å²) in [5, 5.41) is 0. The molecule has 0 bridgehead atoms. The Bertz CT molecular complexity index is 764. The van der Waals surface area contributed by atoms with Crippen LogP contribution in [0.2, 0.25) is 0 Å². The van der Waals surface area contributed by atoms with Crippen LogP contribution in [0.3, 0.4) is 0 Å². The van der Waals surface area contributed by atoms with Crippen LogP contribution in [0.25, 0.3) is 0 Å². The van der Waals surface area contributed by atoms with Gasteiger partial charge in [0.15, 0.2) is 23.9 Å². The molecule has 2 rings (SSSR count). The van der Waals surface area contributed by atoms with Crippen molar-refractivity contribution in [3.8, 4) is 11.5 Å².